The van der Waals surface area contributed by atoms with E-state index >= 15 is 0 Å². The smallest absolute Gasteiger partial charge is 0.250 e. The van der Waals surface area contributed by atoms with Crippen LogP contribution in [0.5, 0.6) is 0 Å². The molecule has 2 unspecified atom stereocenters. The quantitative estimate of drug-likeness (QED) is 0.758. The lowest BCUT2D eigenvalue weighted by molar-refractivity contribution is 0.554. The minimum absolute atomic E-state index is 0.0957. The highest BCUT2D eigenvalue weighted by Gasteiger charge is 2.29. The molecule has 0 aliphatic heterocycles. The second-order valence-corrected chi connectivity index (χ2v) is 9.90. The zero-order valence-corrected chi connectivity index (χ0v) is 15.0. The second kappa shape index (κ2) is 7.97. The molecule has 2 atom stereocenters. The summed E-state index contributed by atoms with van der Waals surface area (Å²) in [6.45, 7) is 5.81. The van der Waals surface area contributed by atoms with Crippen LogP contribution in [0.2, 0.25) is 0 Å². The highest BCUT2D eigenvalue weighted by molar-refractivity contribution is 7.99. The first-order valence-corrected chi connectivity index (χ1v) is 10.8. The van der Waals surface area contributed by atoms with Gasteiger partial charge in [-0.3, -0.25) is 0 Å². The summed E-state index contributed by atoms with van der Waals surface area (Å²) >= 11 is 3.29. The van der Waals surface area contributed by atoms with Crippen LogP contribution in [0, 0.1) is 0 Å². The first-order valence-electron chi connectivity index (χ1n) is 7.48. The number of nitrogens with one attached hydrogen (secondary N) is 2. The van der Waals surface area contributed by atoms with Gasteiger partial charge in [0.2, 0.25) is 10.0 Å². The molecule has 120 valence electrons. The van der Waals surface area contributed by atoms with Gasteiger partial charge in [-0.25, -0.2) is 13.1 Å². The molecule has 1 saturated carbocycles. The van der Waals surface area contributed by atoms with Gasteiger partial charge in [0.15, 0.2) is 0 Å². The van der Waals surface area contributed by atoms with Crippen LogP contribution < -0.4 is 10.0 Å². The molecule has 2 rings (SSSR count). The molecular weight excluding hydrogens is 324 g/mol. The lowest BCUT2D eigenvalue weighted by Crippen LogP contribution is -2.32. The van der Waals surface area contributed by atoms with E-state index in [1.54, 1.807) is 6.07 Å². The molecule has 2 N–H and O–H groups in total. The number of thiophene rings is 1. The Balaban J connectivity index is 1.94. The van der Waals surface area contributed by atoms with Gasteiger partial charge in [-0.05, 0) is 43.7 Å². The fourth-order valence-electron chi connectivity index (χ4n) is 2.56. The van der Waals surface area contributed by atoms with Gasteiger partial charge in [0, 0.05) is 22.7 Å². The Kier molecular flexibility index (Phi) is 6.55. The molecule has 0 amide bonds. The van der Waals surface area contributed by atoms with Crippen LogP contribution in [0.4, 0.5) is 0 Å². The predicted molar refractivity (Wildman–Crippen MR) is 91.6 cm³/mol. The molecule has 0 radical (unpaired) electrons. The predicted octanol–water partition coefficient (Wildman–Crippen LogP) is 2.81. The molecular formula is C14H24N2O2S3. The second-order valence-electron chi connectivity index (χ2n) is 5.21. The Morgan fingerprint density at radius 3 is 2.86 bits per heavy atom. The van der Waals surface area contributed by atoms with Gasteiger partial charge in [0.25, 0.3) is 0 Å². The Hall–Kier alpha value is -0.0800. The number of rotatable bonds is 8. The van der Waals surface area contributed by atoms with Gasteiger partial charge in [0.1, 0.15) is 4.21 Å². The number of hydrogen-bond acceptors (Lipinski definition) is 5. The van der Waals surface area contributed by atoms with E-state index in [9.17, 15) is 8.42 Å². The van der Waals surface area contributed by atoms with E-state index in [4.69, 9.17) is 0 Å². The average Bonchev–Trinajstić information content (AvgIpc) is 3.06. The minimum Gasteiger partial charge on any atom is -0.312 e. The van der Waals surface area contributed by atoms with E-state index in [2.05, 4.69) is 17.0 Å². The number of hydrogen-bond donors (Lipinski definition) is 2. The van der Waals surface area contributed by atoms with Crippen molar-refractivity contribution in [2.75, 3.05) is 12.3 Å². The summed E-state index contributed by atoms with van der Waals surface area (Å²) in [6, 6.07) is 3.71. The molecule has 7 heteroatoms. The fourth-order valence-corrected chi connectivity index (χ4v) is 6.33. The molecule has 0 spiro atoms. The summed E-state index contributed by atoms with van der Waals surface area (Å²) in [5.74, 6) is 1.10. The molecule has 1 heterocycles. The van der Waals surface area contributed by atoms with E-state index in [0.717, 1.165) is 43.0 Å². The van der Waals surface area contributed by atoms with E-state index < -0.39 is 10.0 Å². The standard InChI is InChI=1S/C14H24N2O2S3/c1-3-15-10-13-7-8-14(20-13)21(17,18)16-11-5-6-12(9-11)19-4-2/h7-8,11-12,15-16H,3-6,9-10H2,1-2H3. The maximum Gasteiger partial charge on any atom is 0.250 e. The maximum absolute atomic E-state index is 12.4. The Morgan fingerprint density at radius 2 is 2.14 bits per heavy atom. The van der Waals surface area contributed by atoms with Crippen LogP contribution in [-0.2, 0) is 16.6 Å². The molecule has 1 aliphatic carbocycles. The maximum atomic E-state index is 12.4. The van der Waals surface area contributed by atoms with Crippen molar-refractivity contribution in [3.8, 4) is 0 Å². The molecule has 21 heavy (non-hydrogen) atoms. The van der Waals surface area contributed by atoms with Crippen molar-refractivity contribution < 1.29 is 8.42 Å². The van der Waals surface area contributed by atoms with E-state index in [-0.39, 0.29) is 6.04 Å². The van der Waals surface area contributed by atoms with Crippen LogP contribution in [0.1, 0.15) is 38.0 Å². The molecule has 1 aromatic heterocycles. The Bertz CT molecular complexity index is 542. The molecule has 4 nitrogen and oxygen atoms in total. The minimum atomic E-state index is -3.35. The molecule has 1 fully saturated rings. The van der Waals surface area contributed by atoms with Crippen LogP contribution in [0.15, 0.2) is 16.3 Å². The van der Waals surface area contributed by atoms with Crippen LogP contribution in [-0.4, -0.2) is 32.0 Å². The third-order valence-corrected chi connectivity index (χ3v) is 7.89. The number of sulfonamides is 1. The van der Waals surface area contributed by atoms with Crippen LogP contribution >= 0.6 is 23.1 Å². The lowest BCUT2D eigenvalue weighted by atomic mass is 10.3. The zero-order chi connectivity index (χ0) is 15.3. The largest absolute Gasteiger partial charge is 0.312 e. The first-order chi connectivity index (χ1) is 10.0. The van der Waals surface area contributed by atoms with Gasteiger partial charge in [0.05, 0.1) is 0 Å². The van der Waals surface area contributed by atoms with Gasteiger partial charge >= 0.3 is 0 Å². The van der Waals surface area contributed by atoms with E-state index in [1.807, 2.05) is 24.8 Å². The van der Waals surface area contributed by atoms with Crippen molar-refractivity contribution in [2.45, 2.75) is 55.2 Å². The molecule has 0 saturated heterocycles. The van der Waals surface area contributed by atoms with Crippen molar-refractivity contribution in [2.24, 2.45) is 0 Å². The van der Waals surface area contributed by atoms with Gasteiger partial charge in [-0.1, -0.05) is 13.8 Å². The fraction of sp³-hybridized carbons (Fsp3) is 0.714. The summed E-state index contributed by atoms with van der Waals surface area (Å²) in [7, 11) is -3.35. The topological polar surface area (TPSA) is 58.2 Å². The monoisotopic (exact) mass is 348 g/mol. The van der Waals surface area contributed by atoms with Crippen molar-refractivity contribution in [3.05, 3.63) is 17.0 Å². The summed E-state index contributed by atoms with van der Waals surface area (Å²) < 4.78 is 28.1. The summed E-state index contributed by atoms with van der Waals surface area (Å²) in [5.41, 5.74) is 0. The van der Waals surface area contributed by atoms with Crippen LogP contribution in [0.3, 0.4) is 0 Å². The SMILES string of the molecule is CCNCc1ccc(S(=O)(=O)NC2CCC(SCC)C2)s1. The van der Waals surface area contributed by atoms with E-state index in [0.29, 0.717) is 9.46 Å². The highest BCUT2D eigenvalue weighted by Crippen LogP contribution is 2.31. The molecule has 0 aromatic carbocycles. The number of thioether (sulfide) groups is 1. The summed E-state index contributed by atoms with van der Waals surface area (Å²) in [6.07, 6.45) is 3.02. The Morgan fingerprint density at radius 1 is 1.33 bits per heavy atom. The molecule has 1 aromatic rings. The third-order valence-electron chi connectivity index (χ3n) is 3.56. The molecule has 0 bridgehead atoms. The lowest BCUT2D eigenvalue weighted by Gasteiger charge is -2.12. The summed E-state index contributed by atoms with van der Waals surface area (Å²) in [4.78, 5) is 1.06. The van der Waals surface area contributed by atoms with Crippen molar-refractivity contribution in [1.82, 2.24) is 10.0 Å². The van der Waals surface area contributed by atoms with Gasteiger partial charge < -0.3 is 5.32 Å². The third kappa shape index (κ3) is 4.96. The zero-order valence-electron chi connectivity index (χ0n) is 12.6. The van der Waals surface area contributed by atoms with E-state index in [1.165, 1.54) is 11.3 Å². The first kappa shape index (κ1) is 17.3. The van der Waals surface area contributed by atoms with Crippen molar-refractivity contribution >= 4 is 33.1 Å². The Labute approximate surface area is 136 Å². The van der Waals surface area contributed by atoms with Crippen LogP contribution in [0.25, 0.3) is 0 Å². The van der Waals surface area contributed by atoms with Gasteiger partial charge in [-0.15, -0.1) is 11.3 Å². The van der Waals surface area contributed by atoms with Crippen molar-refractivity contribution in [3.63, 3.8) is 0 Å². The summed E-state index contributed by atoms with van der Waals surface area (Å²) in [5, 5.41) is 3.82. The molecule has 1 aliphatic rings. The van der Waals surface area contributed by atoms with Crippen molar-refractivity contribution in [1.29, 1.82) is 0 Å². The average molecular weight is 349 g/mol. The highest BCUT2D eigenvalue weighted by atomic mass is 32.2. The normalized spacial score (nSPS) is 22.8. The van der Waals surface area contributed by atoms with Gasteiger partial charge in [-0.2, -0.15) is 11.8 Å².